The summed E-state index contributed by atoms with van der Waals surface area (Å²) >= 11 is 0. The van der Waals surface area contributed by atoms with E-state index in [2.05, 4.69) is 39.0 Å². The average Bonchev–Trinajstić information content (AvgIpc) is 3.38. The zero-order valence-corrected chi connectivity index (χ0v) is 16.8. The van der Waals surface area contributed by atoms with Gasteiger partial charge in [-0.1, -0.05) is 30.2 Å². The molecule has 7 heteroatoms. The van der Waals surface area contributed by atoms with Crippen LogP contribution in [0.3, 0.4) is 0 Å². The Hall–Kier alpha value is -2.41. The highest BCUT2D eigenvalue weighted by Gasteiger charge is 2.25. The SMILES string of the molecule is Cc1c(C(=O)Nc2ccccc2N(C)C2CCCC2)nnn1C1CCNCC1. The standard InChI is InChI=1S/C21H30N6O/c1-15-20(24-25-27(15)17-11-13-22-14-12-17)21(28)23-18-9-5-6-10-19(18)26(2)16-7-3-4-8-16/h5-6,9-10,16-17,22H,3-4,7-8,11-14H2,1-2H3,(H,23,28). The number of anilines is 2. The molecule has 2 heterocycles. The van der Waals surface area contributed by atoms with E-state index in [1.165, 1.54) is 25.7 Å². The fourth-order valence-corrected chi connectivity index (χ4v) is 4.51. The third kappa shape index (κ3) is 3.76. The van der Waals surface area contributed by atoms with E-state index in [-0.39, 0.29) is 5.91 Å². The first-order valence-corrected chi connectivity index (χ1v) is 10.4. The van der Waals surface area contributed by atoms with E-state index in [0.717, 1.165) is 43.0 Å². The molecule has 0 unspecified atom stereocenters. The van der Waals surface area contributed by atoms with E-state index in [1.807, 2.05) is 29.8 Å². The average molecular weight is 383 g/mol. The minimum atomic E-state index is -0.190. The first-order chi connectivity index (χ1) is 13.6. The third-order valence-electron chi connectivity index (χ3n) is 6.20. The molecule has 2 aliphatic rings. The number of nitrogens with zero attached hydrogens (tertiary/aromatic N) is 4. The maximum absolute atomic E-state index is 13.0. The van der Waals surface area contributed by atoms with Crippen LogP contribution in [-0.2, 0) is 0 Å². The van der Waals surface area contributed by atoms with Gasteiger partial charge in [0.25, 0.3) is 5.91 Å². The van der Waals surface area contributed by atoms with Crippen LogP contribution < -0.4 is 15.5 Å². The normalized spacial score (nSPS) is 18.4. The van der Waals surface area contributed by atoms with Crippen molar-refractivity contribution in [1.82, 2.24) is 20.3 Å². The van der Waals surface area contributed by atoms with E-state index < -0.39 is 0 Å². The number of carbonyl (C=O) groups excluding carboxylic acids is 1. The molecule has 7 nitrogen and oxygen atoms in total. The van der Waals surface area contributed by atoms with E-state index in [1.54, 1.807) is 0 Å². The minimum Gasteiger partial charge on any atom is -0.370 e. The second kappa shape index (κ2) is 8.31. The van der Waals surface area contributed by atoms with E-state index in [4.69, 9.17) is 0 Å². The Balaban J connectivity index is 1.52. The number of para-hydroxylation sites is 2. The largest absolute Gasteiger partial charge is 0.370 e. The van der Waals surface area contributed by atoms with Crippen LogP contribution in [0.15, 0.2) is 24.3 Å². The summed E-state index contributed by atoms with van der Waals surface area (Å²) in [5.74, 6) is -0.190. The highest BCUT2D eigenvalue weighted by Crippen LogP contribution is 2.32. The van der Waals surface area contributed by atoms with Gasteiger partial charge in [-0.15, -0.1) is 5.10 Å². The van der Waals surface area contributed by atoms with Gasteiger partial charge in [0.2, 0.25) is 0 Å². The molecule has 1 aromatic heterocycles. The van der Waals surface area contributed by atoms with Crippen LogP contribution in [0, 0.1) is 6.92 Å². The molecule has 2 fully saturated rings. The monoisotopic (exact) mass is 382 g/mol. The van der Waals surface area contributed by atoms with Gasteiger partial charge in [-0.05, 0) is 57.8 Å². The number of amides is 1. The molecular formula is C21H30N6O. The van der Waals surface area contributed by atoms with Gasteiger partial charge in [0.15, 0.2) is 5.69 Å². The molecule has 1 aliphatic carbocycles. The molecule has 1 saturated heterocycles. The first kappa shape index (κ1) is 18.9. The smallest absolute Gasteiger partial charge is 0.278 e. The van der Waals surface area contributed by atoms with Crippen LogP contribution in [0.2, 0.25) is 0 Å². The lowest BCUT2D eigenvalue weighted by Gasteiger charge is -2.28. The summed E-state index contributed by atoms with van der Waals surface area (Å²) in [4.78, 5) is 15.3. The van der Waals surface area contributed by atoms with Crippen molar-refractivity contribution in [2.75, 3.05) is 30.4 Å². The summed E-state index contributed by atoms with van der Waals surface area (Å²) in [5.41, 5.74) is 3.15. The highest BCUT2D eigenvalue weighted by molar-refractivity contribution is 6.05. The van der Waals surface area contributed by atoms with Crippen molar-refractivity contribution >= 4 is 17.3 Å². The topological polar surface area (TPSA) is 75.1 Å². The lowest BCUT2D eigenvalue weighted by molar-refractivity contribution is 0.102. The van der Waals surface area contributed by atoms with Gasteiger partial charge in [-0.25, -0.2) is 4.68 Å². The molecule has 4 rings (SSSR count). The quantitative estimate of drug-likeness (QED) is 0.831. The van der Waals surface area contributed by atoms with Gasteiger partial charge in [0.05, 0.1) is 23.1 Å². The van der Waals surface area contributed by atoms with Crippen molar-refractivity contribution in [3.8, 4) is 0 Å². The lowest BCUT2D eigenvalue weighted by Crippen LogP contribution is -2.30. The van der Waals surface area contributed by atoms with Crippen LogP contribution in [-0.4, -0.2) is 47.1 Å². The van der Waals surface area contributed by atoms with Gasteiger partial charge >= 0.3 is 0 Å². The van der Waals surface area contributed by atoms with Crippen LogP contribution in [0.4, 0.5) is 11.4 Å². The summed E-state index contributed by atoms with van der Waals surface area (Å²) in [5, 5.41) is 14.9. The van der Waals surface area contributed by atoms with Crippen molar-refractivity contribution in [3.05, 3.63) is 35.7 Å². The number of carbonyl (C=O) groups is 1. The number of piperidine rings is 1. The molecule has 0 atom stereocenters. The summed E-state index contributed by atoms with van der Waals surface area (Å²) in [6.45, 7) is 3.90. The zero-order chi connectivity index (χ0) is 19.5. The number of hydrogen-bond acceptors (Lipinski definition) is 5. The Kier molecular flexibility index (Phi) is 5.62. The van der Waals surface area contributed by atoms with Gasteiger partial charge in [-0.2, -0.15) is 0 Å². The molecule has 0 bridgehead atoms. The van der Waals surface area contributed by atoms with E-state index in [0.29, 0.717) is 17.8 Å². The summed E-state index contributed by atoms with van der Waals surface area (Å²) in [6, 6.07) is 8.88. The first-order valence-electron chi connectivity index (χ1n) is 10.4. The molecule has 1 aliphatic heterocycles. The lowest BCUT2D eigenvalue weighted by atomic mass is 10.1. The number of rotatable bonds is 5. The summed E-state index contributed by atoms with van der Waals surface area (Å²) < 4.78 is 1.92. The van der Waals surface area contributed by atoms with Crippen LogP contribution in [0.5, 0.6) is 0 Å². The predicted molar refractivity (Wildman–Crippen MR) is 111 cm³/mol. The Morgan fingerprint density at radius 2 is 1.89 bits per heavy atom. The van der Waals surface area contributed by atoms with Crippen LogP contribution >= 0.6 is 0 Å². The second-order valence-corrected chi connectivity index (χ2v) is 7.97. The third-order valence-corrected chi connectivity index (χ3v) is 6.20. The van der Waals surface area contributed by atoms with Crippen LogP contribution in [0.25, 0.3) is 0 Å². The maximum Gasteiger partial charge on any atom is 0.278 e. The van der Waals surface area contributed by atoms with Gasteiger partial charge < -0.3 is 15.5 Å². The Morgan fingerprint density at radius 1 is 1.18 bits per heavy atom. The van der Waals surface area contributed by atoms with Crippen molar-refractivity contribution in [2.24, 2.45) is 0 Å². The van der Waals surface area contributed by atoms with Crippen molar-refractivity contribution in [2.45, 2.75) is 57.5 Å². The Morgan fingerprint density at radius 3 is 2.64 bits per heavy atom. The number of nitrogens with one attached hydrogen (secondary N) is 2. The zero-order valence-electron chi connectivity index (χ0n) is 16.8. The fraction of sp³-hybridized carbons (Fsp3) is 0.571. The summed E-state index contributed by atoms with van der Waals surface area (Å²) in [6.07, 6.45) is 7.01. The molecule has 1 saturated carbocycles. The van der Waals surface area contributed by atoms with Gasteiger partial charge in [0, 0.05) is 13.1 Å². The molecule has 0 radical (unpaired) electrons. The Labute approximate surface area is 166 Å². The number of hydrogen-bond donors (Lipinski definition) is 2. The fourth-order valence-electron chi connectivity index (χ4n) is 4.51. The molecule has 1 aromatic carbocycles. The highest BCUT2D eigenvalue weighted by atomic mass is 16.2. The van der Waals surface area contributed by atoms with E-state index in [9.17, 15) is 4.79 Å². The molecule has 2 aromatic rings. The molecule has 2 N–H and O–H groups in total. The predicted octanol–water partition coefficient (Wildman–Crippen LogP) is 3.14. The van der Waals surface area contributed by atoms with Crippen LogP contribution in [0.1, 0.15) is 60.7 Å². The molecule has 150 valence electrons. The molecule has 0 spiro atoms. The van der Waals surface area contributed by atoms with Crippen molar-refractivity contribution in [1.29, 1.82) is 0 Å². The number of benzene rings is 1. The van der Waals surface area contributed by atoms with Crippen molar-refractivity contribution in [3.63, 3.8) is 0 Å². The van der Waals surface area contributed by atoms with Crippen molar-refractivity contribution < 1.29 is 4.79 Å². The molecule has 1 amide bonds. The van der Waals surface area contributed by atoms with Gasteiger partial charge in [-0.3, -0.25) is 4.79 Å². The van der Waals surface area contributed by atoms with Gasteiger partial charge in [0.1, 0.15) is 0 Å². The Bertz CT molecular complexity index is 820. The van der Waals surface area contributed by atoms with E-state index >= 15 is 0 Å². The second-order valence-electron chi connectivity index (χ2n) is 7.97. The number of aromatic nitrogens is 3. The molecular weight excluding hydrogens is 352 g/mol. The molecule has 28 heavy (non-hydrogen) atoms. The minimum absolute atomic E-state index is 0.190. The summed E-state index contributed by atoms with van der Waals surface area (Å²) in [7, 11) is 2.12. The maximum atomic E-state index is 13.0.